The van der Waals surface area contributed by atoms with Crippen LogP contribution in [0.5, 0.6) is 11.5 Å². The lowest BCUT2D eigenvalue weighted by Crippen LogP contribution is -1.99. The number of halogens is 2. The summed E-state index contributed by atoms with van der Waals surface area (Å²) in [5.41, 5.74) is 8.85. The molecule has 0 aliphatic rings. The lowest BCUT2D eigenvalue weighted by atomic mass is 10.1. The molecule has 2 aromatic rings. The molecule has 0 radical (unpaired) electrons. The van der Waals surface area contributed by atoms with Crippen LogP contribution in [-0.2, 0) is 0 Å². The van der Waals surface area contributed by atoms with Crippen LogP contribution in [0.3, 0.4) is 0 Å². The Morgan fingerprint density at radius 1 is 0.905 bits per heavy atom. The molecule has 0 saturated heterocycles. The Morgan fingerprint density at radius 2 is 1.57 bits per heavy atom. The van der Waals surface area contributed by atoms with E-state index < -0.39 is 0 Å². The molecule has 2 rings (SSSR count). The van der Waals surface area contributed by atoms with Crippen LogP contribution in [0.2, 0.25) is 10.0 Å². The van der Waals surface area contributed by atoms with Gasteiger partial charge in [-0.3, -0.25) is 0 Å². The maximum absolute atomic E-state index is 6.09. The van der Waals surface area contributed by atoms with Gasteiger partial charge in [-0.2, -0.15) is 0 Å². The molecule has 0 bridgehead atoms. The zero-order valence-electron chi connectivity index (χ0n) is 12.0. The van der Waals surface area contributed by atoms with Gasteiger partial charge < -0.3 is 20.5 Å². The van der Waals surface area contributed by atoms with Gasteiger partial charge in [-0.1, -0.05) is 23.2 Å². The number of nitrogens with one attached hydrogen (secondary N) is 1. The lowest BCUT2D eigenvalue weighted by Gasteiger charge is -2.16. The molecule has 3 N–H and O–H groups in total. The van der Waals surface area contributed by atoms with E-state index >= 15 is 0 Å². The van der Waals surface area contributed by atoms with Crippen molar-refractivity contribution < 1.29 is 9.47 Å². The summed E-state index contributed by atoms with van der Waals surface area (Å²) in [7, 11) is 3.13. The fraction of sp³-hybridized carbons (Fsp3) is 0.200. The third kappa shape index (κ3) is 3.28. The van der Waals surface area contributed by atoms with Crippen molar-refractivity contribution in [2.24, 2.45) is 0 Å². The minimum absolute atomic E-state index is 0.479. The van der Waals surface area contributed by atoms with Gasteiger partial charge in [0.25, 0.3) is 0 Å². The van der Waals surface area contributed by atoms with E-state index in [4.69, 9.17) is 38.4 Å². The van der Waals surface area contributed by atoms with Crippen LogP contribution in [0.1, 0.15) is 5.56 Å². The maximum Gasteiger partial charge on any atom is 0.144 e. The number of anilines is 3. The van der Waals surface area contributed by atoms with Crippen LogP contribution in [0.15, 0.2) is 24.3 Å². The number of methoxy groups -OCH3 is 2. The van der Waals surface area contributed by atoms with E-state index in [0.29, 0.717) is 27.2 Å². The van der Waals surface area contributed by atoms with Crippen molar-refractivity contribution in [3.05, 3.63) is 39.9 Å². The van der Waals surface area contributed by atoms with Gasteiger partial charge in [0.2, 0.25) is 0 Å². The highest BCUT2D eigenvalue weighted by molar-refractivity contribution is 6.33. The van der Waals surface area contributed by atoms with Gasteiger partial charge >= 0.3 is 0 Å². The fourth-order valence-corrected chi connectivity index (χ4v) is 2.34. The molecule has 21 heavy (non-hydrogen) atoms. The Hall–Kier alpha value is -1.78. The van der Waals surface area contributed by atoms with Crippen LogP contribution in [0, 0.1) is 6.92 Å². The van der Waals surface area contributed by atoms with E-state index in [1.165, 1.54) is 0 Å². The Balaban J connectivity index is 2.45. The second-order valence-electron chi connectivity index (χ2n) is 4.50. The van der Waals surface area contributed by atoms with Gasteiger partial charge in [-0.05, 0) is 24.6 Å². The number of rotatable bonds is 4. The van der Waals surface area contributed by atoms with E-state index in [-0.39, 0.29) is 0 Å². The fourth-order valence-electron chi connectivity index (χ4n) is 1.94. The van der Waals surface area contributed by atoms with Crippen molar-refractivity contribution in [2.75, 3.05) is 25.3 Å². The van der Waals surface area contributed by atoms with Gasteiger partial charge in [0.05, 0.1) is 35.6 Å². The molecule has 0 saturated carbocycles. The standard InChI is InChI=1S/C15H16Cl2N2O2/c1-8-4-11(18)9(16)5-12(8)19-13-7-14(20-2)10(17)6-15(13)21-3/h4-7,19H,18H2,1-3H3. The molecule has 0 unspecified atom stereocenters. The van der Waals surface area contributed by atoms with Crippen LogP contribution in [0.25, 0.3) is 0 Å². The summed E-state index contributed by atoms with van der Waals surface area (Å²) in [5, 5.41) is 4.23. The number of benzene rings is 2. The van der Waals surface area contributed by atoms with E-state index in [1.54, 1.807) is 32.4 Å². The molecular formula is C15H16Cl2N2O2. The highest BCUT2D eigenvalue weighted by Gasteiger charge is 2.12. The molecule has 2 aromatic carbocycles. The van der Waals surface area contributed by atoms with Crippen molar-refractivity contribution in [1.29, 1.82) is 0 Å². The first-order valence-corrected chi connectivity index (χ1v) is 6.96. The molecule has 0 aliphatic carbocycles. The second-order valence-corrected chi connectivity index (χ2v) is 5.32. The van der Waals surface area contributed by atoms with Crippen LogP contribution >= 0.6 is 23.2 Å². The first-order valence-electron chi connectivity index (χ1n) is 6.20. The summed E-state index contributed by atoms with van der Waals surface area (Å²) in [6.45, 7) is 1.94. The average Bonchev–Trinajstić information content (AvgIpc) is 2.45. The summed E-state index contributed by atoms with van der Waals surface area (Å²) in [4.78, 5) is 0. The van der Waals surface area contributed by atoms with Gasteiger partial charge in [0.15, 0.2) is 0 Å². The first kappa shape index (κ1) is 15.6. The van der Waals surface area contributed by atoms with Crippen molar-refractivity contribution in [1.82, 2.24) is 0 Å². The van der Waals surface area contributed by atoms with Crippen LogP contribution in [-0.4, -0.2) is 14.2 Å². The number of aryl methyl sites for hydroxylation is 1. The minimum Gasteiger partial charge on any atom is -0.495 e. The minimum atomic E-state index is 0.479. The molecule has 6 heteroatoms. The summed E-state index contributed by atoms with van der Waals surface area (Å²) in [6.07, 6.45) is 0. The molecule has 4 nitrogen and oxygen atoms in total. The van der Waals surface area contributed by atoms with Crippen molar-refractivity contribution >= 4 is 40.3 Å². The molecule has 0 spiro atoms. The topological polar surface area (TPSA) is 56.5 Å². The predicted octanol–water partition coefficient (Wildman–Crippen LogP) is 4.64. The summed E-state index contributed by atoms with van der Waals surface area (Å²) >= 11 is 12.2. The van der Waals surface area contributed by atoms with Crippen molar-refractivity contribution in [2.45, 2.75) is 6.92 Å². The van der Waals surface area contributed by atoms with E-state index in [1.807, 2.05) is 13.0 Å². The van der Waals surface area contributed by atoms with Gasteiger partial charge in [0, 0.05) is 17.8 Å². The Labute approximate surface area is 133 Å². The van der Waals surface area contributed by atoms with E-state index in [0.717, 1.165) is 16.9 Å². The highest BCUT2D eigenvalue weighted by Crippen LogP contribution is 2.38. The zero-order valence-corrected chi connectivity index (χ0v) is 13.5. The summed E-state index contributed by atoms with van der Waals surface area (Å²) in [6, 6.07) is 7.04. The van der Waals surface area contributed by atoms with Crippen molar-refractivity contribution in [3.63, 3.8) is 0 Å². The number of hydrogen-bond acceptors (Lipinski definition) is 4. The van der Waals surface area contributed by atoms with Gasteiger partial charge in [-0.25, -0.2) is 0 Å². The first-order chi connectivity index (χ1) is 9.96. The lowest BCUT2D eigenvalue weighted by molar-refractivity contribution is 0.405. The Morgan fingerprint density at radius 3 is 2.19 bits per heavy atom. The van der Waals surface area contributed by atoms with Crippen LogP contribution in [0.4, 0.5) is 17.1 Å². The molecule has 0 heterocycles. The van der Waals surface area contributed by atoms with E-state index in [2.05, 4.69) is 5.32 Å². The monoisotopic (exact) mass is 326 g/mol. The SMILES string of the molecule is COc1cc(Nc2cc(Cl)c(N)cc2C)c(OC)cc1Cl. The second kappa shape index (κ2) is 6.33. The molecule has 112 valence electrons. The Kier molecular flexibility index (Phi) is 4.70. The Bertz CT molecular complexity index is 675. The molecule has 0 aromatic heterocycles. The highest BCUT2D eigenvalue weighted by atomic mass is 35.5. The number of nitrogen functional groups attached to an aromatic ring is 1. The largest absolute Gasteiger partial charge is 0.495 e. The molecule has 0 amide bonds. The summed E-state index contributed by atoms with van der Waals surface area (Å²) < 4.78 is 10.6. The predicted molar refractivity (Wildman–Crippen MR) is 88.4 cm³/mol. The third-order valence-electron chi connectivity index (χ3n) is 3.09. The molecular weight excluding hydrogens is 311 g/mol. The normalized spacial score (nSPS) is 10.3. The number of hydrogen-bond donors (Lipinski definition) is 2. The maximum atomic E-state index is 6.09. The number of nitrogens with two attached hydrogens (primary N) is 1. The third-order valence-corrected chi connectivity index (χ3v) is 3.71. The number of ether oxygens (including phenoxy) is 2. The smallest absolute Gasteiger partial charge is 0.144 e. The van der Waals surface area contributed by atoms with Gasteiger partial charge in [0.1, 0.15) is 11.5 Å². The van der Waals surface area contributed by atoms with Crippen molar-refractivity contribution in [3.8, 4) is 11.5 Å². The summed E-state index contributed by atoms with van der Waals surface area (Å²) in [5.74, 6) is 1.16. The van der Waals surface area contributed by atoms with Crippen LogP contribution < -0.4 is 20.5 Å². The van der Waals surface area contributed by atoms with Gasteiger partial charge in [-0.15, -0.1) is 0 Å². The quantitative estimate of drug-likeness (QED) is 0.803. The molecule has 0 aliphatic heterocycles. The zero-order chi connectivity index (χ0) is 15.6. The molecule has 0 atom stereocenters. The van der Waals surface area contributed by atoms with E-state index in [9.17, 15) is 0 Å². The molecule has 0 fully saturated rings. The average molecular weight is 327 g/mol.